The SMILES string of the molecule is CC(C)c1ccc(NC(=O)COc2ccc(S(=O)(=O)NC3CCCCC3)cc2Cl)cc1. The molecule has 0 aromatic heterocycles. The maximum atomic E-state index is 12.6. The summed E-state index contributed by atoms with van der Waals surface area (Å²) in [5, 5.41) is 2.91. The van der Waals surface area contributed by atoms with Gasteiger partial charge in [-0.3, -0.25) is 4.79 Å². The van der Waals surface area contributed by atoms with Crippen LogP contribution in [0.15, 0.2) is 47.4 Å². The molecule has 2 N–H and O–H groups in total. The molecule has 2 aromatic rings. The summed E-state index contributed by atoms with van der Waals surface area (Å²) >= 11 is 6.22. The maximum absolute atomic E-state index is 12.6. The van der Waals surface area contributed by atoms with E-state index in [9.17, 15) is 13.2 Å². The molecule has 0 radical (unpaired) electrons. The Hall–Kier alpha value is -2.09. The normalized spacial score (nSPS) is 15.1. The predicted molar refractivity (Wildman–Crippen MR) is 123 cm³/mol. The number of benzene rings is 2. The summed E-state index contributed by atoms with van der Waals surface area (Å²) in [4.78, 5) is 12.3. The fourth-order valence-electron chi connectivity index (χ4n) is 3.57. The molecule has 31 heavy (non-hydrogen) atoms. The van der Waals surface area contributed by atoms with E-state index in [0.717, 1.165) is 32.1 Å². The van der Waals surface area contributed by atoms with E-state index in [2.05, 4.69) is 23.9 Å². The number of halogens is 1. The summed E-state index contributed by atoms with van der Waals surface area (Å²) in [6, 6.07) is 11.9. The van der Waals surface area contributed by atoms with Crippen molar-refractivity contribution in [3.63, 3.8) is 0 Å². The van der Waals surface area contributed by atoms with Gasteiger partial charge in [-0.25, -0.2) is 13.1 Å². The highest BCUT2D eigenvalue weighted by Gasteiger charge is 2.22. The van der Waals surface area contributed by atoms with Crippen LogP contribution in [-0.2, 0) is 14.8 Å². The number of hydrogen-bond donors (Lipinski definition) is 2. The van der Waals surface area contributed by atoms with Gasteiger partial charge in [0.2, 0.25) is 10.0 Å². The summed E-state index contributed by atoms with van der Waals surface area (Å²) in [7, 11) is -3.65. The Morgan fingerprint density at radius 2 is 1.77 bits per heavy atom. The highest BCUT2D eigenvalue weighted by Crippen LogP contribution is 2.28. The summed E-state index contributed by atoms with van der Waals surface area (Å²) in [5.74, 6) is 0.340. The van der Waals surface area contributed by atoms with Crippen molar-refractivity contribution in [2.45, 2.75) is 62.8 Å². The molecule has 0 spiro atoms. The second-order valence-corrected chi connectivity index (χ2v) is 10.3. The van der Waals surface area contributed by atoms with E-state index in [4.69, 9.17) is 16.3 Å². The number of nitrogens with one attached hydrogen (secondary N) is 2. The average Bonchev–Trinajstić information content (AvgIpc) is 2.73. The van der Waals surface area contributed by atoms with Crippen LogP contribution in [0.4, 0.5) is 5.69 Å². The van der Waals surface area contributed by atoms with Gasteiger partial charge >= 0.3 is 0 Å². The largest absolute Gasteiger partial charge is 0.482 e. The number of carbonyl (C=O) groups is 1. The lowest BCUT2D eigenvalue weighted by molar-refractivity contribution is -0.118. The van der Waals surface area contributed by atoms with Crippen LogP contribution >= 0.6 is 11.6 Å². The molecular weight excluding hydrogens is 436 g/mol. The van der Waals surface area contributed by atoms with E-state index in [1.165, 1.54) is 23.8 Å². The van der Waals surface area contributed by atoms with E-state index in [1.54, 1.807) is 0 Å². The Balaban J connectivity index is 1.56. The molecule has 0 heterocycles. The van der Waals surface area contributed by atoms with Crippen LogP contribution in [0.5, 0.6) is 5.75 Å². The van der Waals surface area contributed by atoms with E-state index in [0.29, 0.717) is 11.6 Å². The second-order valence-electron chi connectivity index (χ2n) is 8.16. The third kappa shape index (κ3) is 6.69. The smallest absolute Gasteiger partial charge is 0.262 e. The van der Waals surface area contributed by atoms with Gasteiger partial charge in [-0.1, -0.05) is 56.8 Å². The molecule has 0 unspecified atom stereocenters. The van der Waals surface area contributed by atoms with Crippen LogP contribution in [0.25, 0.3) is 0 Å². The Morgan fingerprint density at radius 1 is 1.10 bits per heavy atom. The van der Waals surface area contributed by atoms with E-state index in [-0.39, 0.29) is 34.2 Å². The molecule has 0 atom stereocenters. The topological polar surface area (TPSA) is 84.5 Å². The first-order valence-electron chi connectivity index (χ1n) is 10.6. The summed E-state index contributed by atoms with van der Waals surface area (Å²) in [6.45, 7) is 3.97. The number of amides is 1. The molecule has 1 aliphatic rings. The molecule has 6 nitrogen and oxygen atoms in total. The Morgan fingerprint density at radius 3 is 2.39 bits per heavy atom. The second kappa shape index (κ2) is 10.5. The van der Waals surface area contributed by atoms with E-state index < -0.39 is 10.0 Å². The first-order valence-corrected chi connectivity index (χ1v) is 12.5. The minimum Gasteiger partial charge on any atom is -0.482 e. The monoisotopic (exact) mass is 464 g/mol. The first-order chi connectivity index (χ1) is 14.7. The highest BCUT2D eigenvalue weighted by molar-refractivity contribution is 7.89. The molecule has 8 heteroatoms. The molecule has 1 fully saturated rings. The van der Waals surface area contributed by atoms with E-state index in [1.807, 2.05) is 24.3 Å². The van der Waals surface area contributed by atoms with Gasteiger partial charge in [-0.2, -0.15) is 0 Å². The number of anilines is 1. The van der Waals surface area contributed by atoms with Crippen molar-refractivity contribution in [3.8, 4) is 5.75 Å². The number of sulfonamides is 1. The van der Waals surface area contributed by atoms with Gasteiger partial charge < -0.3 is 10.1 Å². The summed E-state index contributed by atoms with van der Waals surface area (Å²) in [6.07, 6.45) is 4.91. The quantitative estimate of drug-likeness (QED) is 0.569. The minimum absolute atomic E-state index is 0.0354. The van der Waals surface area contributed by atoms with Crippen molar-refractivity contribution in [2.75, 3.05) is 11.9 Å². The number of hydrogen-bond acceptors (Lipinski definition) is 4. The van der Waals surface area contributed by atoms with Crippen LogP contribution < -0.4 is 14.8 Å². The molecular formula is C23H29ClN2O4S. The van der Waals surface area contributed by atoms with Crippen molar-refractivity contribution in [1.82, 2.24) is 4.72 Å². The average molecular weight is 465 g/mol. The lowest BCUT2D eigenvalue weighted by atomic mass is 9.96. The van der Waals surface area contributed by atoms with Gasteiger partial charge in [-0.15, -0.1) is 0 Å². The summed E-state index contributed by atoms with van der Waals surface area (Å²) < 4.78 is 33.5. The molecule has 0 aliphatic heterocycles. The van der Waals surface area contributed by atoms with Crippen molar-refractivity contribution in [1.29, 1.82) is 0 Å². The van der Waals surface area contributed by atoms with Crippen LogP contribution in [0.1, 0.15) is 57.4 Å². The molecule has 3 rings (SSSR count). The van der Waals surface area contributed by atoms with Gasteiger partial charge in [0.05, 0.1) is 9.92 Å². The Labute approximate surface area is 189 Å². The number of ether oxygens (including phenoxy) is 1. The zero-order valence-corrected chi connectivity index (χ0v) is 19.4. The van der Waals surface area contributed by atoms with Gasteiger partial charge in [-0.05, 0) is 54.7 Å². The molecule has 168 valence electrons. The first kappa shape index (κ1) is 23.6. The zero-order chi connectivity index (χ0) is 22.4. The van der Waals surface area contributed by atoms with Gasteiger partial charge in [0.25, 0.3) is 5.91 Å². The molecule has 1 aliphatic carbocycles. The molecule has 1 amide bonds. The summed E-state index contributed by atoms with van der Waals surface area (Å²) in [5.41, 5.74) is 1.87. The third-order valence-corrected chi connectivity index (χ3v) is 7.17. The lowest BCUT2D eigenvalue weighted by Gasteiger charge is -2.22. The third-order valence-electron chi connectivity index (χ3n) is 5.36. The van der Waals surface area contributed by atoms with Crippen LogP contribution in [0.3, 0.4) is 0 Å². The number of rotatable bonds is 8. The van der Waals surface area contributed by atoms with Crippen molar-refractivity contribution >= 4 is 33.2 Å². The van der Waals surface area contributed by atoms with Crippen molar-refractivity contribution in [2.24, 2.45) is 0 Å². The van der Waals surface area contributed by atoms with E-state index >= 15 is 0 Å². The van der Waals surface area contributed by atoms with Crippen molar-refractivity contribution in [3.05, 3.63) is 53.1 Å². The Bertz CT molecular complexity index is 1000. The molecule has 1 saturated carbocycles. The van der Waals surface area contributed by atoms with Crippen LogP contribution in [-0.4, -0.2) is 27.0 Å². The van der Waals surface area contributed by atoms with Crippen LogP contribution in [0.2, 0.25) is 5.02 Å². The molecule has 0 bridgehead atoms. The fourth-order valence-corrected chi connectivity index (χ4v) is 5.20. The molecule has 2 aromatic carbocycles. The minimum atomic E-state index is -3.65. The Kier molecular flexibility index (Phi) is 7.97. The van der Waals surface area contributed by atoms with Crippen LogP contribution in [0, 0.1) is 0 Å². The standard InChI is InChI=1S/C23H29ClN2O4S/c1-16(2)17-8-10-18(11-9-17)25-23(27)15-30-22-13-12-20(14-21(22)24)31(28,29)26-19-6-4-3-5-7-19/h8-14,16,19,26H,3-7,15H2,1-2H3,(H,25,27). The fraction of sp³-hybridized carbons (Fsp3) is 0.435. The van der Waals surface area contributed by atoms with Gasteiger partial charge in [0.1, 0.15) is 5.75 Å². The lowest BCUT2D eigenvalue weighted by Crippen LogP contribution is -2.36. The van der Waals surface area contributed by atoms with Gasteiger partial charge in [0, 0.05) is 11.7 Å². The van der Waals surface area contributed by atoms with Crippen molar-refractivity contribution < 1.29 is 17.9 Å². The zero-order valence-electron chi connectivity index (χ0n) is 17.9. The predicted octanol–water partition coefficient (Wildman–Crippen LogP) is 5.09. The van der Waals surface area contributed by atoms with Gasteiger partial charge in [0.15, 0.2) is 6.61 Å². The number of carbonyl (C=O) groups excluding carboxylic acids is 1. The maximum Gasteiger partial charge on any atom is 0.262 e. The highest BCUT2D eigenvalue weighted by atomic mass is 35.5. The molecule has 0 saturated heterocycles.